The average molecular weight is 299 g/mol. The van der Waals surface area contributed by atoms with Gasteiger partial charge >= 0.3 is 13.8 Å². The molecule has 0 saturated carbocycles. The second-order valence-corrected chi connectivity index (χ2v) is 4.36. The third-order valence-corrected chi connectivity index (χ3v) is 2.22. The Kier molecular flexibility index (Phi) is 9.86. The van der Waals surface area contributed by atoms with Gasteiger partial charge in [0.05, 0.1) is 6.61 Å². The van der Waals surface area contributed by atoms with Crippen LogP contribution in [0.3, 0.4) is 0 Å². The van der Waals surface area contributed by atoms with Crippen LogP contribution in [0.2, 0.25) is 0 Å². The Labute approximate surface area is 123 Å². The minimum Gasteiger partial charge on any atom is -0.479 e. The number of aliphatic carboxylic acids is 1. The van der Waals surface area contributed by atoms with Gasteiger partial charge in [-0.3, -0.25) is 4.52 Å². The van der Waals surface area contributed by atoms with Crippen LogP contribution in [0.4, 0.5) is 0 Å². The molecule has 0 fully saturated rings. The standard InChI is InChI=1S/C6H13O10P.Na/c7-2(1-16-17(13,14)15)3(8)4(9)5(10)6(11)12;/h2-5,7-10H,1H2,(H,11,12)(H2,13,14,15);/t2-,3-,4+,5-;/m1./s1. The average Bonchev–Trinajstić information content (AvgIpc) is 2.21. The van der Waals surface area contributed by atoms with Gasteiger partial charge in [0.25, 0.3) is 0 Å². The number of aliphatic hydroxyl groups excluding tert-OH is 4. The molecule has 18 heavy (non-hydrogen) atoms. The number of hydrogen-bond donors (Lipinski definition) is 7. The number of phosphoric ester groups is 1. The maximum absolute atomic E-state index is 10.2. The molecule has 0 unspecified atom stereocenters. The summed E-state index contributed by atoms with van der Waals surface area (Å²) < 4.78 is 14.1. The van der Waals surface area contributed by atoms with E-state index in [-0.39, 0.29) is 29.6 Å². The van der Waals surface area contributed by atoms with E-state index in [0.29, 0.717) is 0 Å². The normalized spacial score (nSPS) is 18.3. The number of aliphatic hydroxyl groups is 4. The monoisotopic (exact) mass is 299 g/mol. The van der Waals surface area contributed by atoms with Gasteiger partial charge in [-0.2, -0.15) is 0 Å². The van der Waals surface area contributed by atoms with Crippen LogP contribution < -0.4 is 0 Å². The van der Waals surface area contributed by atoms with E-state index in [2.05, 4.69) is 4.52 Å². The number of carbonyl (C=O) groups is 1. The number of phosphoric acid groups is 1. The summed E-state index contributed by atoms with van der Waals surface area (Å²) in [4.78, 5) is 26.8. The Bertz CT molecular complexity index is 305. The van der Waals surface area contributed by atoms with Gasteiger partial charge in [-0.05, 0) is 0 Å². The second kappa shape index (κ2) is 8.56. The van der Waals surface area contributed by atoms with Crippen LogP contribution in [-0.2, 0) is 13.9 Å². The van der Waals surface area contributed by atoms with Crippen LogP contribution in [0.15, 0.2) is 0 Å². The molecule has 0 aliphatic carbocycles. The fourth-order valence-electron chi connectivity index (χ4n) is 0.833. The first-order chi connectivity index (χ1) is 7.56. The van der Waals surface area contributed by atoms with Crippen molar-refractivity contribution in [2.24, 2.45) is 0 Å². The van der Waals surface area contributed by atoms with Crippen molar-refractivity contribution in [3.63, 3.8) is 0 Å². The SMILES string of the molecule is O=C(O)[C@H](O)[C@@H](O)[C@H](O)[C@H](O)COP(=O)(O)O.[Na]. The van der Waals surface area contributed by atoms with Crippen molar-refractivity contribution >= 4 is 43.3 Å². The van der Waals surface area contributed by atoms with Crippen LogP contribution >= 0.6 is 7.82 Å². The summed E-state index contributed by atoms with van der Waals surface area (Å²) in [6, 6.07) is 0. The molecule has 103 valence electrons. The van der Waals surface area contributed by atoms with Gasteiger partial charge in [0, 0.05) is 29.6 Å². The van der Waals surface area contributed by atoms with E-state index < -0.39 is 44.8 Å². The van der Waals surface area contributed by atoms with Crippen molar-refractivity contribution < 1.29 is 49.2 Å². The summed E-state index contributed by atoms with van der Waals surface area (Å²) in [5, 5.41) is 44.4. The van der Waals surface area contributed by atoms with Crippen LogP contribution in [-0.4, -0.2) is 102 Å². The first kappa shape index (κ1) is 20.7. The summed E-state index contributed by atoms with van der Waals surface area (Å²) in [5.74, 6) is -1.83. The van der Waals surface area contributed by atoms with E-state index in [4.69, 9.17) is 35.3 Å². The van der Waals surface area contributed by atoms with E-state index in [0.717, 1.165) is 0 Å². The third-order valence-electron chi connectivity index (χ3n) is 1.73. The van der Waals surface area contributed by atoms with Gasteiger partial charge in [0.2, 0.25) is 0 Å². The Hall–Kier alpha value is 0.420. The third kappa shape index (κ3) is 7.77. The van der Waals surface area contributed by atoms with Crippen LogP contribution in [0.1, 0.15) is 0 Å². The van der Waals surface area contributed by atoms with Crippen molar-refractivity contribution in [1.29, 1.82) is 0 Å². The van der Waals surface area contributed by atoms with Gasteiger partial charge < -0.3 is 35.3 Å². The summed E-state index contributed by atoms with van der Waals surface area (Å²) in [7, 11) is -4.86. The van der Waals surface area contributed by atoms with Gasteiger partial charge in [-0.1, -0.05) is 0 Å². The molecule has 0 rings (SSSR count). The molecule has 0 aromatic rings. The van der Waals surface area contributed by atoms with E-state index >= 15 is 0 Å². The molecule has 12 heteroatoms. The number of carboxylic acid groups (broad SMARTS) is 1. The van der Waals surface area contributed by atoms with E-state index in [1.807, 2.05) is 0 Å². The Morgan fingerprint density at radius 3 is 1.89 bits per heavy atom. The number of rotatable bonds is 7. The zero-order chi connectivity index (χ0) is 13.8. The molecule has 0 aromatic carbocycles. The molecule has 0 aromatic heterocycles. The van der Waals surface area contributed by atoms with E-state index in [9.17, 15) is 9.36 Å². The molecular weight excluding hydrogens is 286 g/mol. The summed E-state index contributed by atoms with van der Waals surface area (Å²) >= 11 is 0. The number of carboxylic acids is 1. The molecule has 7 N–H and O–H groups in total. The molecule has 0 heterocycles. The predicted octanol–water partition coefficient (Wildman–Crippen LogP) is -3.76. The maximum Gasteiger partial charge on any atom is 0.469 e. The summed E-state index contributed by atoms with van der Waals surface area (Å²) in [6.45, 7) is -1.05. The zero-order valence-electron chi connectivity index (χ0n) is 9.32. The van der Waals surface area contributed by atoms with Crippen molar-refractivity contribution in [3.05, 3.63) is 0 Å². The van der Waals surface area contributed by atoms with Crippen LogP contribution in [0.5, 0.6) is 0 Å². The molecule has 0 amide bonds. The molecule has 1 radical (unpaired) electrons. The van der Waals surface area contributed by atoms with Crippen LogP contribution in [0, 0.1) is 0 Å². The van der Waals surface area contributed by atoms with E-state index in [1.165, 1.54) is 0 Å². The van der Waals surface area contributed by atoms with Crippen molar-refractivity contribution in [2.75, 3.05) is 6.61 Å². The Morgan fingerprint density at radius 2 is 1.56 bits per heavy atom. The summed E-state index contributed by atoms with van der Waals surface area (Å²) in [6.07, 6.45) is -8.71. The first-order valence-corrected chi connectivity index (χ1v) is 5.74. The molecule has 0 saturated heterocycles. The Balaban J connectivity index is 0. The van der Waals surface area contributed by atoms with Gasteiger partial charge in [-0.15, -0.1) is 0 Å². The van der Waals surface area contributed by atoms with Crippen LogP contribution in [0.25, 0.3) is 0 Å². The van der Waals surface area contributed by atoms with Crippen molar-refractivity contribution in [3.8, 4) is 0 Å². The first-order valence-electron chi connectivity index (χ1n) is 4.21. The minimum atomic E-state index is -4.86. The second-order valence-electron chi connectivity index (χ2n) is 3.12. The van der Waals surface area contributed by atoms with Gasteiger partial charge in [0.15, 0.2) is 6.10 Å². The molecule has 0 aliphatic heterocycles. The van der Waals surface area contributed by atoms with Crippen molar-refractivity contribution in [1.82, 2.24) is 0 Å². The predicted molar refractivity (Wildman–Crippen MR) is 55.4 cm³/mol. The van der Waals surface area contributed by atoms with Gasteiger partial charge in [-0.25, -0.2) is 9.36 Å². The quantitative estimate of drug-likeness (QED) is 0.182. The summed E-state index contributed by atoms with van der Waals surface area (Å²) in [5.41, 5.74) is 0. The fraction of sp³-hybridized carbons (Fsp3) is 0.833. The molecule has 0 aliphatic rings. The molecule has 0 spiro atoms. The smallest absolute Gasteiger partial charge is 0.469 e. The topological polar surface area (TPSA) is 185 Å². The fourth-order valence-corrected chi connectivity index (χ4v) is 1.18. The van der Waals surface area contributed by atoms with Crippen molar-refractivity contribution in [2.45, 2.75) is 24.4 Å². The van der Waals surface area contributed by atoms with E-state index in [1.54, 1.807) is 0 Å². The molecule has 0 bridgehead atoms. The molecule has 4 atom stereocenters. The molecule has 10 nitrogen and oxygen atoms in total. The zero-order valence-corrected chi connectivity index (χ0v) is 12.2. The maximum atomic E-state index is 10.2. The Morgan fingerprint density at radius 1 is 1.11 bits per heavy atom. The largest absolute Gasteiger partial charge is 0.479 e. The molecular formula is C6H13NaO10P. The minimum absolute atomic E-state index is 0. The number of hydrogen-bond acceptors (Lipinski definition) is 7. The van der Waals surface area contributed by atoms with Gasteiger partial charge in [0.1, 0.15) is 18.3 Å².